The van der Waals surface area contributed by atoms with Crippen molar-refractivity contribution in [2.24, 2.45) is 0 Å². The summed E-state index contributed by atoms with van der Waals surface area (Å²) in [6, 6.07) is 9.75. The summed E-state index contributed by atoms with van der Waals surface area (Å²) < 4.78 is 4.99. The molecule has 0 spiro atoms. The highest BCUT2D eigenvalue weighted by atomic mass is 35.5. The summed E-state index contributed by atoms with van der Waals surface area (Å²) in [4.78, 5) is 30.9. The zero-order valence-electron chi connectivity index (χ0n) is 14.7. The number of nitro groups is 1. The fourth-order valence-electron chi connectivity index (χ4n) is 3.16. The molecule has 1 fully saturated rings. The molecule has 0 radical (unpaired) electrons. The molecule has 27 heavy (non-hydrogen) atoms. The van der Waals surface area contributed by atoms with Crippen LogP contribution in [-0.4, -0.2) is 54.1 Å². The van der Waals surface area contributed by atoms with Crippen LogP contribution in [0.5, 0.6) is 0 Å². The van der Waals surface area contributed by atoms with Gasteiger partial charge < -0.3 is 9.64 Å². The lowest BCUT2D eigenvalue weighted by molar-refractivity contribution is -0.385. The first-order chi connectivity index (χ1) is 13.0. The van der Waals surface area contributed by atoms with Crippen molar-refractivity contribution in [3.8, 4) is 0 Å². The normalized spacial score (nSPS) is 16.0. The molecule has 0 saturated carbocycles. The Kier molecular flexibility index (Phi) is 5.88. The predicted molar refractivity (Wildman–Crippen MR) is 101 cm³/mol. The number of carbonyl (C=O) groups excluding carboxylic acids is 1. The van der Waals surface area contributed by atoms with Gasteiger partial charge in [0.15, 0.2) is 0 Å². The fraction of sp³-hybridized carbons (Fsp3) is 0.333. The second-order valence-electron chi connectivity index (χ2n) is 6.10. The number of pyridine rings is 1. The molecular formula is C18H19ClN4O4. The first-order valence-electron chi connectivity index (χ1n) is 8.43. The third-order valence-electron chi connectivity index (χ3n) is 4.57. The fourth-order valence-corrected chi connectivity index (χ4v) is 3.40. The van der Waals surface area contributed by atoms with Crippen LogP contribution in [0.15, 0.2) is 42.6 Å². The van der Waals surface area contributed by atoms with E-state index in [-0.39, 0.29) is 11.7 Å². The highest BCUT2D eigenvalue weighted by Crippen LogP contribution is 2.30. The predicted octanol–water partition coefficient (Wildman–Crippen LogP) is 2.68. The number of halogens is 1. The maximum absolute atomic E-state index is 12.4. The Bertz CT molecular complexity index is 822. The molecule has 2 heterocycles. The molecule has 1 aromatic carbocycles. The number of hydrogen-bond donors (Lipinski definition) is 0. The Labute approximate surface area is 161 Å². The number of nitrogens with zero attached hydrogens (tertiary/aromatic N) is 4. The maximum Gasteiger partial charge on any atom is 0.327 e. The molecule has 1 aliphatic rings. The van der Waals surface area contributed by atoms with Crippen molar-refractivity contribution >= 4 is 29.1 Å². The van der Waals surface area contributed by atoms with Crippen molar-refractivity contribution in [3.05, 3.63) is 63.3 Å². The van der Waals surface area contributed by atoms with Crippen molar-refractivity contribution in [2.75, 3.05) is 38.2 Å². The van der Waals surface area contributed by atoms with Gasteiger partial charge in [0.25, 0.3) is 5.69 Å². The van der Waals surface area contributed by atoms with Gasteiger partial charge in [-0.3, -0.25) is 15.0 Å². The van der Waals surface area contributed by atoms with E-state index in [1.165, 1.54) is 19.4 Å². The number of hydrogen-bond acceptors (Lipinski definition) is 7. The molecule has 0 aliphatic carbocycles. The lowest BCUT2D eigenvalue weighted by Crippen LogP contribution is -2.49. The molecule has 1 unspecified atom stereocenters. The van der Waals surface area contributed by atoms with E-state index in [1.54, 1.807) is 12.1 Å². The van der Waals surface area contributed by atoms with E-state index >= 15 is 0 Å². The highest BCUT2D eigenvalue weighted by molar-refractivity contribution is 6.31. The quantitative estimate of drug-likeness (QED) is 0.440. The van der Waals surface area contributed by atoms with Crippen LogP contribution in [0.3, 0.4) is 0 Å². The number of methoxy groups -OCH3 is 1. The zero-order chi connectivity index (χ0) is 19.4. The molecule has 1 atom stereocenters. The second kappa shape index (κ2) is 8.32. The average molecular weight is 391 g/mol. The zero-order valence-corrected chi connectivity index (χ0v) is 15.5. The number of rotatable bonds is 5. The van der Waals surface area contributed by atoms with E-state index < -0.39 is 11.0 Å². The van der Waals surface area contributed by atoms with Gasteiger partial charge in [-0.05, 0) is 17.7 Å². The molecule has 3 rings (SSSR count). The van der Waals surface area contributed by atoms with Crippen LogP contribution >= 0.6 is 11.6 Å². The van der Waals surface area contributed by atoms with Gasteiger partial charge >= 0.3 is 5.97 Å². The van der Waals surface area contributed by atoms with E-state index in [9.17, 15) is 14.9 Å². The Morgan fingerprint density at radius 1 is 1.22 bits per heavy atom. The van der Waals surface area contributed by atoms with Crippen LogP contribution in [-0.2, 0) is 9.53 Å². The van der Waals surface area contributed by atoms with Gasteiger partial charge in [0.2, 0.25) is 0 Å². The number of aromatic nitrogens is 1. The molecule has 0 bridgehead atoms. The molecule has 9 heteroatoms. The van der Waals surface area contributed by atoms with Crippen LogP contribution in [0.25, 0.3) is 0 Å². The molecule has 2 aromatic rings. The Morgan fingerprint density at radius 3 is 2.48 bits per heavy atom. The summed E-state index contributed by atoms with van der Waals surface area (Å²) >= 11 is 6.29. The summed E-state index contributed by atoms with van der Waals surface area (Å²) in [5.74, 6) is 0.317. The van der Waals surface area contributed by atoms with Gasteiger partial charge in [0.1, 0.15) is 18.1 Å². The van der Waals surface area contributed by atoms with Crippen molar-refractivity contribution in [1.29, 1.82) is 0 Å². The van der Waals surface area contributed by atoms with Crippen molar-refractivity contribution in [2.45, 2.75) is 6.04 Å². The van der Waals surface area contributed by atoms with E-state index in [0.29, 0.717) is 42.6 Å². The summed E-state index contributed by atoms with van der Waals surface area (Å²) in [5.41, 5.74) is 0.676. The molecular weight excluding hydrogens is 372 g/mol. The second-order valence-corrected chi connectivity index (χ2v) is 6.51. The molecule has 1 saturated heterocycles. The van der Waals surface area contributed by atoms with E-state index in [4.69, 9.17) is 16.3 Å². The largest absolute Gasteiger partial charge is 0.468 e. The molecule has 8 nitrogen and oxygen atoms in total. The number of carbonyl (C=O) groups is 1. The first-order valence-corrected chi connectivity index (χ1v) is 8.80. The Morgan fingerprint density at radius 2 is 1.93 bits per heavy atom. The van der Waals surface area contributed by atoms with Crippen LogP contribution in [0.2, 0.25) is 5.02 Å². The van der Waals surface area contributed by atoms with Gasteiger partial charge in [0, 0.05) is 37.3 Å². The average Bonchev–Trinajstić information content (AvgIpc) is 2.70. The van der Waals surface area contributed by atoms with Gasteiger partial charge in [-0.25, -0.2) is 9.78 Å². The Balaban J connectivity index is 1.73. The van der Waals surface area contributed by atoms with Gasteiger partial charge in [-0.2, -0.15) is 0 Å². The summed E-state index contributed by atoms with van der Waals surface area (Å²) in [5, 5.41) is 11.3. The highest BCUT2D eigenvalue weighted by Gasteiger charge is 2.32. The SMILES string of the molecule is COC(=O)C(c1ccccc1Cl)N1CCN(c2ccc([N+](=O)[O-])cn2)CC1. The number of benzene rings is 1. The van der Waals surface area contributed by atoms with Gasteiger partial charge in [-0.1, -0.05) is 29.8 Å². The Hall–Kier alpha value is -2.71. The molecule has 1 aliphatic heterocycles. The summed E-state index contributed by atoms with van der Waals surface area (Å²) in [6.07, 6.45) is 1.25. The van der Waals surface area contributed by atoms with Crippen LogP contribution < -0.4 is 4.90 Å². The third-order valence-corrected chi connectivity index (χ3v) is 4.91. The maximum atomic E-state index is 12.4. The standard InChI is InChI=1S/C18H19ClN4O4/c1-27-18(24)17(14-4-2-3-5-15(14)19)22-10-8-21(9-11-22)16-7-6-13(12-20-16)23(25)26/h2-7,12,17H,8-11H2,1H3. The summed E-state index contributed by atoms with van der Waals surface area (Å²) in [6.45, 7) is 2.46. The van der Waals surface area contributed by atoms with Gasteiger partial charge in [-0.15, -0.1) is 0 Å². The van der Waals surface area contributed by atoms with E-state index in [2.05, 4.69) is 4.98 Å². The van der Waals surface area contributed by atoms with Crippen LogP contribution in [0.1, 0.15) is 11.6 Å². The van der Waals surface area contributed by atoms with E-state index in [0.717, 1.165) is 0 Å². The minimum Gasteiger partial charge on any atom is -0.468 e. The number of ether oxygens (including phenoxy) is 1. The molecule has 142 valence electrons. The minimum absolute atomic E-state index is 0.0399. The van der Waals surface area contributed by atoms with Crippen LogP contribution in [0, 0.1) is 10.1 Å². The van der Waals surface area contributed by atoms with Crippen molar-refractivity contribution in [3.63, 3.8) is 0 Å². The molecule has 0 N–H and O–H groups in total. The number of esters is 1. The van der Waals surface area contributed by atoms with Crippen molar-refractivity contribution < 1.29 is 14.5 Å². The lowest BCUT2D eigenvalue weighted by Gasteiger charge is -2.38. The van der Waals surface area contributed by atoms with E-state index in [1.807, 2.05) is 28.0 Å². The topological polar surface area (TPSA) is 88.8 Å². The van der Waals surface area contributed by atoms with Gasteiger partial charge in [0.05, 0.1) is 12.0 Å². The number of anilines is 1. The lowest BCUT2D eigenvalue weighted by atomic mass is 10.0. The smallest absolute Gasteiger partial charge is 0.327 e. The summed E-state index contributed by atoms with van der Waals surface area (Å²) in [7, 11) is 1.36. The third kappa shape index (κ3) is 4.17. The van der Waals surface area contributed by atoms with Crippen molar-refractivity contribution in [1.82, 2.24) is 9.88 Å². The van der Waals surface area contributed by atoms with Crippen LogP contribution in [0.4, 0.5) is 11.5 Å². The molecule has 1 aromatic heterocycles. The monoisotopic (exact) mass is 390 g/mol. The molecule has 0 amide bonds. The minimum atomic E-state index is -0.573. The number of piperazine rings is 1. The first kappa shape index (κ1) is 19.1.